The van der Waals surface area contributed by atoms with Crippen LogP contribution < -0.4 is 20.5 Å². The number of carbonyl (C=O) groups is 1. The molecule has 7 nitrogen and oxygen atoms in total. The quantitative estimate of drug-likeness (QED) is 0.382. The lowest BCUT2D eigenvalue weighted by molar-refractivity contribution is -0.130. The van der Waals surface area contributed by atoms with Crippen LogP contribution >= 0.6 is 24.0 Å². The van der Waals surface area contributed by atoms with E-state index in [1.54, 1.807) is 14.2 Å². The van der Waals surface area contributed by atoms with Crippen molar-refractivity contribution in [2.24, 2.45) is 10.7 Å². The van der Waals surface area contributed by atoms with E-state index >= 15 is 0 Å². The molecule has 0 aromatic heterocycles. The zero-order chi connectivity index (χ0) is 17.4. The fraction of sp³-hybridized carbons (Fsp3) is 0.529. The van der Waals surface area contributed by atoms with Gasteiger partial charge in [0.25, 0.3) is 0 Å². The molecule has 0 bridgehead atoms. The van der Waals surface area contributed by atoms with Crippen LogP contribution in [0.5, 0.6) is 11.5 Å². The van der Waals surface area contributed by atoms with Crippen molar-refractivity contribution < 1.29 is 14.3 Å². The normalized spacial score (nSPS) is 14.5. The highest BCUT2D eigenvalue weighted by atomic mass is 127. The highest BCUT2D eigenvalue weighted by Gasteiger charge is 2.15. The number of guanidine groups is 1. The first-order chi connectivity index (χ1) is 11.6. The summed E-state index contributed by atoms with van der Waals surface area (Å²) < 4.78 is 10.5. The smallest absolute Gasteiger partial charge is 0.241 e. The molecule has 0 atom stereocenters. The van der Waals surface area contributed by atoms with Gasteiger partial charge in [-0.1, -0.05) is 6.07 Å². The van der Waals surface area contributed by atoms with Gasteiger partial charge in [-0.25, -0.2) is 4.99 Å². The maximum atomic E-state index is 12.1. The highest BCUT2D eigenvalue weighted by Crippen LogP contribution is 2.27. The lowest BCUT2D eigenvalue weighted by Gasteiger charge is -2.26. The molecule has 8 heteroatoms. The van der Waals surface area contributed by atoms with Crippen molar-refractivity contribution in [3.8, 4) is 11.5 Å². The van der Waals surface area contributed by atoms with Gasteiger partial charge < -0.3 is 25.4 Å². The number of likely N-dealkylation sites (tertiary alicyclic amines) is 1. The van der Waals surface area contributed by atoms with Crippen LogP contribution in [0.3, 0.4) is 0 Å². The van der Waals surface area contributed by atoms with Crippen LogP contribution in [0, 0.1) is 0 Å². The summed E-state index contributed by atoms with van der Waals surface area (Å²) >= 11 is 0. The number of piperidine rings is 1. The summed E-state index contributed by atoms with van der Waals surface area (Å²) in [7, 11) is 3.18. The van der Waals surface area contributed by atoms with E-state index in [0.29, 0.717) is 18.0 Å². The third-order valence-electron chi connectivity index (χ3n) is 4.01. The number of ether oxygens (including phenoxy) is 2. The molecule has 0 saturated carbocycles. The Bertz CT molecular complexity index is 589. The molecule has 140 valence electrons. The van der Waals surface area contributed by atoms with E-state index in [1.807, 2.05) is 23.1 Å². The zero-order valence-corrected chi connectivity index (χ0v) is 17.1. The first kappa shape index (κ1) is 21.3. The van der Waals surface area contributed by atoms with E-state index in [-0.39, 0.29) is 42.4 Å². The predicted octanol–water partition coefficient (Wildman–Crippen LogP) is 1.74. The number of benzene rings is 1. The van der Waals surface area contributed by atoms with Gasteiger partial charge in [-0.15, -0.1) is 24.0 Å². The van der Waals surface area contributed by atoms with Gasteiger partial charge in [0.05, 0.1) is 27.3 Å². The number of nitrogens with two attached hydrogens (primary N) is 1. The number of hydrogen-bond donors (Lipinski definition) is 2. The Morgan fingerprint density at radius 2 is 1.88 bits per heavy atom. The number of rotatable bonds is 6. The van der Waals surface area contributed by atoms with E-state index in [9.17, 15) is 4.79 Å². The largest absolute Gasteiger partial charge is 0.493 e. The fourth-order valence-corrected chi connectivity index (χ4v) is 2.63. The minimum Gasteiger partial charge on any atom is -0.493 e. The molecule has 1 saturated heterocycles. The van der Waals surface area contributed by atoms with Crippen molar-refractivity contribution >= 4 is 35.8 Å². The molecule has 0 aliphatic carbocycles. The summed E-state index contributed by atoms with van der Waals surface area (Å²) in [6.07, 6.45) is 3.36. The topological polar surface area (TPSA) is 89.2 Å². The molecule has 0 spiro atoms. The maximum absolute atomic E-state index is 12.1. The average molecular weight is 462 g/mol. The summed E-state index contributed by atoms with van der Waals surface area (Å²) in [6, 6.07) is 5.58. The van der Waals surface area contributed by atoms with Gasteiger partial charge in [-0.3, -0.25) is 4.79 Å². The minimum atomic E-state index is 0. The second kappa shape index (κ2) is 11.0. The van der Waals surface area contributed by atoms with Gasteiger partial charge in [-0.2, -0.15) is 0 Å². The molecule has 25 heavy (non-hydrogen) atoms. The highest BCUT2D eigenvalue weighted by molar-refractivity contribution is 14.0. The molecule has 1 aliphatic heterocycles. The number of aliphatic imine (C=N–C) groups is 1. The monoisotopic (exact) mass is 462 g/mol. The van der Waals surface area contributed by atoms with Crippen LogP contribution in [0.4, 0.5) is 0 Å². The molecule has 1 amide bonds. The summed E-state index contributed by atoms with van der Waals surface area (Å²) in [6.45, 7) is 2.25. The third kappa shape index (κ3) is 6.60. The summed E-state index contributed by atoms with van der Waals surface area (Å²) in [5.41, 5.74) is 6.78. The standard InChI is InChI=1S/C17H26N4O3.HI/c1-23-14-7-6-13(10-15(14)24-2)11-19-17(18)20-12-16(22)21-8-4-3-5-9-21;/h6-7,10H,3-5,8-9,11-12H2,1-2H3,(H3,18,19,20);1H. The Labute approximate surface area is 166 Å². The molecule has 1 aromatic carbocycles. The Balaban J connectivity index is 0.00000312. The number of halogens is 1. The second-order valence-corrected chi connectivity index (χ2v) is 5.69. The van der Waals surface area contributed by atoms with Gasteiger partial charge in [0.1, 0.15) is 0 Å². The maximum Gasteiger partial charge on any atom is 0.241 e. The van der Waals surface area contributed by atoms with Crippen molar-refractivity contribution in [3.05, 3.63) is 23.8 Å². The molecule has 1 aliphatic rings. The van der Waals surface area contributed by atoms with Gasteiger partial charge in [0.15, 0.2) is 17.5 Å². The number of hydrogen-bond acceptors (Lipinski definition) is 4. The van der Waals surface area contributed by atoms with Crippen molar-refractivity contribution in [2.75, 3.05) is 33.9 Å². The van der Waals surface area contributed by atoms with Crippen LogP contribution in [0.1, 0.15) is 24.8 Å². The van der Waals surface area contributed by atoms with Gasteiger partial charge in [0, 0.05) is 13.1 Å². The average Bonchev–Trinajstić information content (AvgIpc) is 2.64. The van der Waals surface area contributed by atoms with Crippen LogP contribution in [0.25, 0.3) is 0 Å². The van der Waals surface area contributed by atoms with Crippen LogP contribution in [0.15, 0.2) is 23.2 Å². The number of methoxy groups -OCH3 is 2. The molecular formula is C17H27IN4O3. The molecule has 1 aromatic rings. The van der Waals surface area contributed by atoms with Gasteiger partial charge >= 0.3 is 0 Å². The molecule has 0 radical (unpaired) electrons. The molecule has 1 heterocycles. The van der Waals surface area contributed by atoms with Crippen molar-refractivity contribution in [1.82, 2.24) is 10.2 Å². The Morgan fingerprint density at radius 3 is 2.52 bits per heavy atom. The number of carbonyl (C=O) groups excluding carboxylic acids is 1. The molecule has 1 fully saturated rings. The van der Waals surface area contributed by atoms with E-state index in [4.69, 9.17) is 15.2 Å². The SMILES string of the molecule is COc1ccc(CN=C(N)NCC(=O)N2CCCCC2)cc1OC.I. The first-order valence-electron chi connectivity index (χ1n) is 8.16. The molecular weight excluding hydrogens is 435 g/mol. The molecule has 3 N–H and O–H groups in total. The van der Waals surface area contributed by atoms with Crippen LogP contribution in [-0.4, -0.2) is 50.6 Å². The summed E-state index contributed by atoms with van der Waals surface area (Å²) in [5.74, 6) is 1.65. The van der Waals surface area contributed by atoms with Crippen LogP contribution in [-0.2, 0) is 11.3 Å². The van der Waals surface area contributed by atoms with E-state index in [1.165, 1.54) is 6.42 Å². The minimum absolute atomic E-state index is 0. The fourth-order valence-electron chi connectivity index (χ4n) is 2.63. The van der Waals surface area contributed by atoms with Gasteiger partial charge in [-0.05, 0) is 37.0 Å². The number of nitrogens with zero attached hydrogens (tertiary/aromatic N) is 2. The summed E-state index contributed by atoms with van der Waals surface area (Å²) in [5, 5.41) is 2.88. The van der Waals surface area contributed by atoms with E-state index in [2.05, 4.69) is 10.3 Å². The Kier molecular flexibility index (Phi) is 9.40. The number of amides is 1. The third-order valence-corrected chi connectivity index (χ3v) is 4.01. The van der Waals surface area contributed by atoms with Crippen molar-refractivity contribution in [2.45, 2.75) is 25.8 Å². The second-order valence-electron chi connectivity index (χ2n) is 5.69. The first-order valence-corrected chi connectivity index (χ1v) is 8.16. The van der Waals surface area contributed by atoms with E-state index < -0.39 is 0 Å². The molecule has 2 rings (SSSR count). The molecule has 0 unspecified atom stereocenters. The lowest BCUT2D eigenvalue weighted by Crippen LogP contribution is -2.44. The zero-order valence-electron chi connectivity index (χ0n) is 14.8. The Hall–Kier alpha value is -1.71. The van der Waals surface area contributed by atoms with E-state index in [0.717, 1.165) is 31.5 Å². The summed E-state index contributed by atoms with van der Waals surface area (Å²) in [4.78, 5) is 18.2. The van der Waals surface area contributed by atoms with Crippen LogP contribution in [0.2, 0.25) is 0 Å². The predicted molar refractivity (Wildman–Crippen MR) is 109 cm³/mol. The van der Waals surface area contributed by atoms with Gasteiger partial charge in [0.2, 0.25) is 5.91 Å². The number of nitrogens with one attached hydrogen (secondary N) is 1. The van der Waals surface area contributed by atoms with Crippen molar-refractivity contribution in [1.29, 1.82) is 0 Å². The lowest BCUT2D eigenvalue weighted by atomic mass is 10.1. The Morgan fingerprint density at radius 1 is 1.20 bits per heavy atom. The van der Waals surface area contributed by atoms with Crippen molar-refractivity contribution in [3.63, 3.8) is 0 Å².